The standard InChI is InChI=1S/C19H23N3O3/c1-19(2,3)18-20(4)17(25)14-13-12(10-21(14)18)15(23)22(16(13)24)11-8-6-5-7-9-11/h5-9,12-14,18H,10H2,1-4H3. The minimum absolute atomic E-state index is 0.0523. The van der Waals surface area contributed by atoms with Gasteiger partial charge >= 0.3 is 0 Å². The zero-order chi connectivity index (χ0) is 18.1. The Morgan fingerprint density at radius 3 is 2.20 bits per heavy atom. The molecule has 0 bridgehead atoms. The fourth-order valence-electron chi connectivity index (χ4n) is 4.85. The van der Waals surface area contributed by atoms with E-state index >= 15 is 0 Å². The van der Waals surface area contributed by atoms with E-state index in [4.69, 9.17) is 0 Å². The van der Waals surface area contributed by atoms with Crippen molar-refractivity contribution >= 4 is 23.4 Å². The third-order valence-electron chi connectivity index (χ3n) is 5.65. The summed E-state index contributed by atoms with van der Waals surface area (Å²) in [4.78, 5) is 43.9. The first-order valence-corrected chi connectivity index (χ1v) is 8.69. The molecule has 3 amide bonds. The summed E-state index contributed by atoms with van der Waals surface area (Å²) in [6, 6.07) is 8.45. The third-order valence-corrected chi connectivity index (χ3v) is 5.65. The average Bonchev–Trinajstić information content (AvgIpc) is 3.11. The van der Waals surface area contributed by atoms with Crippen LogP contribution in [0.15, 0.2) is 30.3 Å². The summed E-state index contributed by atoms with van der Waals surface area (Å²) >= 11 is 0. The summed E-state index contributed by atoms with van der Waals surface area (Å²) in [5.41, 5.74) is 0.438. The number of hydrogen-bond donors (Lipinski definition) is 0. The van der Waals surface area contributed by atoms with E-state index in [-0.39, 0.29) is 29.3 Å². The Morgan fingerprint density at radius 2 is 1.60 bits per heavy atom. The van der Waals surface area contributed by atoms with E-state index in [9.17, 15) is 14.4 Å². The van der Waals surface area contributed by atoms with Crippen LogP contribution >= 0.6 is 0 Å². The van der Waals surface area contributed by atoms with Gasteiger partial charge in [-0.05, 0) is 17.5 Å². The summed E-state index contributed by atoms with van der Waals surface area (Å²) in [6.45, 7) is 6.70. The van der Waals surface area contributed by atoms with Gasteiger partial charge in [-0.2, -0.15) is 0 Å². The maximum Gasteiger partial charge on any atom is 0.241 e. The lowest BCUT2D eigenvalue weighted by molar-refractivity contribution is -0.133. The number of rotatable bonds is 1. The van der Waals surface area contributed by atoms with Crippen LogP contribution in [0.1, 0.15) is 20.8 Å². The summed E-state index contributed by atoms with van der Waals surface area (Å²) in [6.07, 6.45) is -0.0959. The number of anilines is 1. The number of para-hydroxylation sites is 1. The first kappa shape index (κ1) is 16.3. The van der Waals surface area contributed by atoms with Gasteiger partial charge in [-0.15, -0.1) is 0 Å². The predicted octanol–water partition coefficient (Wildman–Crippen LogP) is 1.32. The van der Waals surface area contributed by atoms with Crippen LogP contribution in [-0.4, -0.2) is 53.3 Å². The maximum absolute atomic E-state index is 13.1. The van der Waals surface area contributed by atoms with Gasteiger partial charge in [-0.1, -0.05) is 39.0 Å². The molecule has 25 heavy (non-hydrogen) atoms. The van der Waals surface area contributed by atoms with Crippen molar-refractivity contribution in [3.8, 4) is 0 Å². The van der Waals surface area contributed by atoms with Crippen LogP contribution in [0.5, 0.6) is 0 Å². The largest absolute Gasteiger partial charge is 0.328 e. The molecule has 0 spiro atoms. The van der Waals surface area contributed by atoms with Crippen molar-refractivity contribution in [1.29, 1.82) is 0 Å². The molecule has 1 aromatic carbocycles. The number of benzene rings is 1. The summed E-state index contributed by atoms with van der Waals surface area (Å²) in [5, 5.41) is 0. The van der Waals surface area contributed by atoms with E-state index in [0.717, 1.165) is 0 Å². The number of fused-ring (bicyclic) bond motifs is 3. The number of nitrogens with zero attached hydrogens (tertiary/aromatic N) is 3. The number of likely N-dealkylation sites (N-methyl/N-ethyl adjacent to an activating group) is 1. The normalized spacial score (nSPS) is 32.6. The van der Waals surface area contributed by atoms with E-state index in [0.29, 0.717) is 12.2 Å². The molecule has 3 fully saturated rings. The van der Waals surface area contributed by atoms with Crippen LogP contribution in [0.3, 0.4) is 0 Å². The van der Waals surface area contributed by atoms with Crippen LogP contribution in [-0.2, 0) is 14.4 Å². The highest BCUT2D eigenvalue weighted by molar-refractivity contribution is 6.23. The van der Waals surface area contributed by atoms with Crippen molar-refractivity contribution in [1.82, 2.24) is 9.80 Å². The Kier molecular flexibility index (Phi) is 3.35. The van der Waals surface area contributed by atoms with Crippen molar-refractivity contribution in [2.45, 2.75) is 33.0 Å². The fourth-order valence-corrected chi connectivity index (χ4v) is 4.85. The molecule has 4 atom stereocenters. The van der Waals surface area contributed by atoms with Gasteiger partial charge in [0.15, 0.2) is 0 Å². The molecule has 132 valence electrons. The molecule has 0 aliphatic carbocycles. The van der Waals surface area contributed by atoms with Crippen molar-refractivity contribution in [2.24, 2.45) is 17.3 Å². The molecule has 3 saturated heterocycles. The van der Waals surface area contributed by atoms with Crippen molar-refractivity contribution in [2.75, 3.05) is 18.5 Å². The van der Waals surface area contributed by atoms with Crippen molar-refractivity contribution < 1.29 is 14.4 Å². The third kappa shape index (κ3) is 2.10. The highest BCUT2D eigenvalue weighted by atomic mass is 16.2. The number of imide groups is 1. The summed E-state index contributed by atoms with van der Waals surface area (Å²) in [5.74, 6) is -1.48. The van der Waals surface area contributed by atoms with E-state index in [1.807, 2.05) is 6.07 Å². The molecule has 0 aromatic heterocycles. The molecule has 0 radical (unpaired) electrons. The van der Waals surface area contributed by atoms with Gasteiger partial charge in [0.25, 0.3) is 0 Å². The number of carbonyl (C=O) groups is 3. The molecule has 6 nitrogen and oxygen atoms in total. The van der Waals surface area contributed by atoms with E-state index < -0.39 is 17.9 Å². The number of carbonyl (C=O) groups excluding carboxylic acids is 3. The second-order valence-corrected chi connectivity index (χ2v) is 8.31. The predicted molar refractivity (Wildman–Crippen MR) is 92.4 cm³/mol. The first-order valence-electron chi connectivity index (χ1n) is 8.69. The maximum atomic E-state index is 13.1. The first-order chi connectivity index (χ1) is 11.7. The smallest absolute Gasteiger partial charge is 0.241 e. The Bertz CT molecular complexity index is 755. The zero-order valence-corrected chi connectivity index (χ0v) is 15.0. The highest BCUT2D eigenvalue weighted by Crippen LogP contribution is 2.47. The minimum atomic E-state index is -0.574. The molecule has 0 saturated carbocycles. The van der Waals surface area contributed by atoms with E-state index in [1.165, 1.54) is 4.90 Å². The highest BCUT2D eigenvalue weighted by Gasteiger charge is 2.65. The SMILES string of the molecule is CN1C(=O)C2C3C(=O)N(c4ccccc4)C(=O)C3CN2C1C(C)(C)C. The van der Waals surface area contributed by atoms with Gasteiger partial charge < -0.3 is 4.90 Å². The average molecular weight is 341 g/mol. The van der Waals surface area contributed by atoms with Crippen LogP contribution < -0.4 is 4.90 Å². The molecule has 4 rings (SSSR count). The van der Waals surface area contributed by atoms with Gasteiger partial charge in [0.1, 0.15) is 6.04 Å². The second-order valence-electron chi connectivity index (χ2n) is 8.31. The molecule has 3 aliphatic rings. The van der Waals surface area contributed by atoms with Crippen LogP contribution in [0.25, 0.3) is 0 Å². The zero-order valence-electron chi connectivity index (χ0n) is 15.0. The molecule has 6 heteroatoms. The Labute approximate surface area is 147 Å². The van der Waals surface area contributed by atoms with Gasteiger partial charge in [0, 0.05) is 13.6 Å². The van der Waals surface area contributed by atoms with Crippen LogP contribution in [0.2, 0.25) is 0 Å². The van der Waals surface area contributed by atoms with Gasteiger partial charge in [0.05, 0.1) is 23.7 Å². The summed E-state index contributed by atoms with van der Waals surface area (Å²) in [7, 11) is 1.79. The molecular formula is C19H23N3O3. The van der Waals surface area contributed by atoms with Gasteiger partial charge in [-0.25, -0.2) is 4.90 Å². The van der Waals surface area contributed by atoms with Crippen LogP contribution in [0.4, 0.5) is 5.69 Å². The number of hydrogen-bond acceptors (Lipinski definition) is 4. The number of amides is 3. The van der Waals surface area contributed by atoms with E-state index in [1.54, 1.807) is 36.2 Å². The molecule has 3 heterocycles. The lowest BCUT2D eigenvalue weighted by Gasteiger charge is -2.37. The van der Waals surface area contributed by atoms with Gasteiger partial charge in [0.2, 0.25) is 17.7 Å². The Morgan fingerprint density at radius 1 is 0.960 bits per heavy atom. The lowest BCUT2D eigenvalue weighted by atomic mass is 9.91. The minimum Gasteiger partial charge on any atom is -0.328 e. The fraction of sp³-hybridized carbons (Fsp3) is 0.526. The molecule has 0 N–H and O–H groups in total. The Hall–Kier alpha value is -2.21. The topological polar surface area (TPSA) is 60.9 Å². The monoisotopic (exact) mass is 341 g/mol. The molecular weight excluding hydrogens is 318 g/mol. The van der Waals surface area contributed by atoms with Crippen molar-refractivity contribution in [3.63, 3.8) is 0 Å². The second kappa shape index (κ2) is 5.14. The van der Waals surface area contributed by atoms with Crippen LogP contribution in [0, 0.1) is 17.3 Å². The molecule has 3 aliphatic heterocycles. The quantitative estimate of drug-likeness (QED) is 0.723. The lowest BCUT2D eigenvalue weighted by Crippen LogP contribution is -2.48. The summed E-state index contributed by atoms with van der Waals surface area (Å²) < 4.78 is 0. The van der Waals surface area contributed by atoms with Gasteiger partial charge in [-0.3, -0.25) is 19.3 Å². The molecule has 1 aromatic rings. The van der Waals surface area contributed by atoms with E-state index in [2.05, 4.69) is 25.7 Å². The molecule has 4 unspecified atom stereocenters. The van der Waals surface area contributed by atoms with Crippen molar-refractivity contribution in [3.05, 3.63) is 30.3 Å². The Balaban J connectivity index is 1.71.